The number of alkyl halides is 3. The van der Waals surface area contributed by atoms with Gasteiger partial charge in [-0.2, -0.15) is 13.2 Å². The fraction of sp³-hybridized carbons (Fsp3) is 1.00. The highest BCUT2D eigenvalue weighted by molar-refractivity contribution is 7.91. The number of sulfone groups is 1. The van der Waals surface area contributed by atoms with E-state index in [4.69, 9.17) is 5.11 Å². The summed E-state index contributed by atoms with van der Waals surface area (Å²) >= 11 is 0. The Labute approximate surface area is 86.2 Å². The molecule has 90 valence electrons. The first-order valence-corrected chi connectivity index (χ1v) is 6.48. The van der Waals surface area contributed by atoms with Crippen molar-refractivity contribution in [1.29, 1.82) is 0 Å². The van der Waals surface area contributed by atoms with Gasteiger partial charge in [-0.05, 0) is 25.2 Å². The summed E-state index contributed by atoms with van der Waals surface area (Å²) < 4.78 is 58.0. The molecular formula is C8H13F3O3S. The quantitative estimate of drug-likeness (QED) is 0.794. The lowest BCUT2D eigenvalue weighted by Crippen LogP contribution is -2.33. The Morgan fingerprint density at radius 1 is 1.27 bits per heavy atom. The van der Waals surface area contributed by atoms with E-state index in [2.05, 4.69) is 0 Å². The molecule has 0 spiro atoms. The van der Waals surface area contributed by atoms with Crippen LogP contribution in [0.15, 0.2) is 0 Å². The second-order valence-corrected chi connectivity index (χ2v) is 6.19. The van der Waals surface area contributed by atoms with E-state index in [0.29, 0.717) is 0 Å². The van der Waals surface area contributed by atoms with Crippen LogP contribution in [0.3, 0.4) is 0 Å². The zero-order chi connectivity index (χ0) is 11.7. The van der Waals surface area contributed by atoms with Crippen LogP contribution in [0.25, 0.3) is 0 Å². The Hall–Kier alpha value is -0.300. The lowest BCUT2D eigenvalue weighted by molar-refractivity contribution is -0.208. The maximum atomic E-state index is 12.0. The van der Waals surface area contributed by atoms with E-state index in [1.807, 2.05) is 0 Å². The van der Waals surface area contributed by atoms with Crippen molar-refractivity contribution in [2.24, 2.45) is 5.92 Å². The number of hydrogen-bond donors (Lipinski definition) is 1. The lowest BCUT2D eigenvalue weighted by Gasteiger charge is -2.25. The van der Waals surface area contributed by atoms with Crippen molar-refractivity contribution >= 4 is 9.84 Å². The minimum Gasteiger partial charge on any atom is -0.384 e. The first-order chi connectivity index (χ1) is 6.71. The normalized spacial score (nSPS) is 25.1. The molecule has 1 fully saturated rings. The lowest BCUT2D eigenvalue weighted by atomic mass is 9.95. The maximum absolute atomic E-state index is 12.0. The third-order valence-corrected chi connectivity index (χ3v) is 4.32. The van der Waals surface area contributed by atoms with Crippen LogP contribution in [-0.4, -0.2) is 37.3 Å². The summed E-state index contributed by atoms with van der Waals surface area (Å²) in [5.74, 6) is -0.477. The fourth-order valence-corrected chi connectivity index (χ4v) is 3.21. The molecule has 1 saturated heterocycles. The minimum atomic E-state index is -4.60. The molecule has 1 rings (SSSR count). The van der Waals surface area contributed by atoms with E-state index in [-0.39, 0.29) is 36.7 Å². The van der Waals surface area contributed by atoms with Gasteiger partial charge in [-0.3, -0.25) is 0 Å². The third-order valence-electron chi connectivity index (χ3n) is 2.61. The van der Waals surface area contributed by atoms with E-state index >= 15 is 0 Å². The molecule has 0 saturated carbocycles. The van der Waals surface area contributed by atoms with Crippen LogP contribution in [-0.2, 0) is 9.84 Å². The van der Waals surface area contributed by atoms with Crippen LogP contribution in [0.5, 0.6) is 0 Å². The summed E-state index contributed by atoms with van der Waals surface area (Å²) in [5.41, 5.74) is 0. The van der Waals surface area contributed by atoms with Gasteiger partial charge in [0.15, 0.2) is 0 Å². The van der Waals surface area contributed by atoms with Gasteiger partial charge in [0.2, 0.25) is 0 Å². The van der Waals surface area contributed by atoms with Crippen molar-refractivity contribution in [3.05, 3.63) is 0 Å². The highest BCUT2D eigenvalue weighted by atomic mass is 32.2. The van der Waals surface area contributed by atoms with Crippen molar-refractivity contribution in [1.82, 2.24) is 0 Å². The fourth-order valence-electron chi connectivity index (χ4n) is 1.62. The largest absolute Gasteiger partial charge is 0.414 e. The second kappa shape index (κ2) is 4.29. The van der Waals surface area contributed by atoms with E-state index in [1.54, 1.807) is 0 Å². The van der Waals surface area contributed by atoms with Gasteiger partial charge in [0.25, 0.3) is 0 Å². The molecule has 0 radical (unpaired) electrons. The number of halogens is 3. The molecule has 0 bridgehead atoms. The molecule has 0 amide bonds. The van der Waals surface area contributed by atoms with Crippen LogP contribution in [0, 0.1) is 5.92 Å². The van der Waals surface area contributed by atoms with E-state index in [1.165, 1.54) is 0 Å². The summed E-state index contributed by atoms with van der Waals surface area (Å²) in [6.07, 6.45) is -6.89. The SMILES string of the molecule is O=S1(=O)CCC(CC(O)C(F)(F)F)CC1. The van der Waals surface area contributed by atoms with E-state index in [0.717, 1.165) is 0 Å². The van der Waals surface area contributed by atoms with Crippen molar-refractivity contribution < 1.29 is 26.7 Å². The zero-order valence-electron chi connectivity index (χ0n) is 8.00. The molecule has 1 aliphatic heterocycles. The molecule has 15 heavy (non-hydrogen) atoms. The molecular weight excluding hydrogens is 233 g/mol. The van der Waals surface area contributed by atoms with Crippen LogP contribution in [0.2, 0.25) is 0 Å². The van der Waals surface area contributed by atoms with Gasteiger partial charge >= 0.3 is 6.18 Å². The molecule has 0 aromatic rings. The Bertz CT molecular complexity index is 296. The predicted molar refractivity (Wildman–Crippen MR) is 48.1 cm³/mol. The highest BCUT2D eigenvalue weighted by Gasteiger charge is 2.40. The van der Waals surface area contributed by atoms with Gasteiger partial charge in [0.05, 0.1) is 11.5 Å². The number of rotatable bonds is 2. The smallest absolute Gasteiger partial charge is 0.384 e. The van der Waals surface area contributed by atoms with Crippen molar-refractivity contribution in [3.63, 3.8) is 0 Å². The van der Waals surface area contributed by atoms with Crippen LogP contribution in [0.1, 0.15) is 19.3 Å². The summed E-state index contributed by atoms with van der Waals surface area (Å²) in [6.45, 7) is 0. The molecule has 3 nitrogen and oxygen atoms in total. The maximum Gasteiger partial charge on any atom is 0.414 e. The number of aliphatic hydroxyl groups is 1. The van der Waals surface area contributed by atoms with Crippen molar-refractivity contribution in [2.45, 2.75) is 31.5 Å². The molecule has 1 aliphatic rings. The third kappa shape index (κ3) is 3.98. The molecule has 1 atom stereocenters. The Kier molecular flexibility index (Phi) is 3.65. The first kappa shape index (κ1) is 12.8. The predicted octanol–water partition coefficient (Wildman–Crippen LogP) is 1.12. The van der Waals surface area contributed by atoms with E-state index < -0.39 is 22.1 Å². The van der Waals surface area contributed by atoms with E-state index in [9.17, 15) is 21.6 Å². The minimum absolute atomic E-state index is 0.0672. The van der Waals surface area contributed by atoms with Gasteiger partial charge < -0.3 is 5.11 Å². The zero-order valence-corrected chi connectivity index (χ0v) is 8.81. The second-order valence-electron chi connectivity index (χ2n) is 3.89. The average molecular weight is 246 g/mol. The van der Waals surface area contributed by atoms with Gasteiger partial charge in [0.1, 0.15) is 15.9 Å². The molecule has 1 N–H and O–H groups in total. The average Bonchev–Trinajstić information content (AvgIpc) is 2.07. The molecule has 0 aromatic carbocycles. The van der Waals surface area contributed by atoms with Gasteiger partial charge in [-0.25, -0.2) is 8.42 Å². The topological polar surface area (TPSA) is 54.4 Å². The van der Waals surface area contributed by atoms with Crippen LogP contribution in [0.4, 0.5) is 13.2 Å². The van der Waals surface area contributed by atoms with Crippen LogP contribution < -0.4 is 0 Å². The molecule has 0 aromatic heterocycles. The first-order valence-electron chi connectivity index (χ1n) is 4.66. The monoisotopic (exact) mass is 246 g/mol. The number of hydrogen-bond acceptors (Lipinski definition) is 3. The van der Waals surface area contributed by atoms with Crippen molar-refractivity contribution in [3.8, 4) is 0 Å². The van der Waals surface area contributed by atoms with Gasteiger partial charge in [-0.1, -0.05) is 0 Å². The summed E-state index contributed by atoms with van der Waals surface area (Å²) in [6, 6.07) is 0. The Morgan fingerprint density at radius 2 is 1.73 bits per heavy atom. The van der Waals surface area contributed by atoms with Crippen LogP contribution >= 0.6 is 0 Å². The van der Waals surface area contributed by atoms with Gasteiger partial charge in [-0.15, -0.1) is 0 Å². The highest BCUT2D eigenvalue weighted by Crippen LogP contribution is 2.29. The molecule has 1 unspecified atom stereocenters. The Morgan fingerprint density at radius 3 is 2.13 bits per heavy atom. The summed E-state index contributed by atoms with van der Waals surface area (Å²) in [4.78, 5) is 0. The van der Waals surface area contributed by atoms with Gasteiger partial charge in [0, 0.05) is 0 Å². The number of aliphatic hydroxyl groups excluding tert-OH is 1. The Balaban J connectivity index is 2.43. The van der Waals surface area contributed by atoms with Crippen molar-refractivity contribution in [2.75, 3.05) is 11.5 Å². The molecule has 1 heterocycles. The molecule has 0 aliphatic carbocycles. The summed E-state index contributed by atoms with van der Waals surface area (Å²) in [5, 5.41) is 8.79. The summed E-state index contributed by atoms with van der Waals surface area (Å²) in [7, 11) is -3.05. The standard InChI is InChI=1S/C8H13F3O3S/c9-8(10,11)7(12)5-6-1-3-15(13,14)4-2-6/h6-7,12H,1-5H2. The molecule has 7 heteroatoms.